The molecule has 0 bridgehead atoms. The third-order valence-corrected chi connectivity index (χ3v) is 12.0. The summed E-state index contributed by atoms with van der Waals surface area (Å²) >= 11 is 0. The molecule has 374 valence electrons. The van der Waals surface area contributed by atoms with E-state index in [1.54, 1.807) is 0 Å². The maximum absolute atomic E-state index is 13.2. The highest BCUT2D eigenvalue weighted by Gasteiger charge is 2.24. The van der Waals surface area contributed by atoms with Crippen molar-refractivity contribution in [3.05, 3.63) is 85.1 Å². The number of hydrogen-bond acceptors (Lipinski definition) is 5. The minimum atomic E-state index is -0.804. The van der Waals surface area contributed by atoms with Crippen LogP contribution in [-0.2, 0) is 14.3 Å². The lowest BCUT2D eigenvalue weighted by Crippen LogP contribution is -2.46. The molecule has 1 amide bonds. The van der Waals surface area contributed by atoms with Gasteiger partial charge in [-0.1, -0.05) is 228 Å². The van der Waals surface area contributed by atoms with Crippen LogP contribution in [-0.4, -0.2) is 46.9 Å². The molecule has 0 aliphatic carbocycles. The first-order valence-corrected chi connectivity index (χ1v) is 27.3. The molecule has 0 heterocycles. The zero-order valence-electron chi connectivity index (χ0n) is 42.6. The Balaban J connectivity index is 4.64. The van der Waals surface area contributed by atoms with Crippen molar-refractivity contribution in [3.8, 4) is 0 Å². The van der Waals surface area contributed by atoms with Gasteiger partial charge in [-0.25, -0.2) is 0 Å². The number of ether oxygens (including phenoxy) is 1. The van der Waals surface area contributed by atoms with Crippen molar-refractivity contribution < 1.29 is 24.5 Å². The van der Waals surface area contributed by atoms with Gasteiger partial charge in [-0.3, -0.25) is 9.59 Å². The van der Waals surface area contributed by atoms with E-state index in [0.717, 1.165) is 122 Å². The van der Waals surface area contributed by atoms with Gasteiger partial charge in [-0.05, 0) is 96.3 Å². The van der Waals surface area contributed by atoms with Crippen LogP contribution in [0.3, 0.4) is 0 Å². The lowest BCUT2D eigenvalue weighted by molar-refractivity contribution is -0.151. The summed E-state index contributed by atoms with van der Waals surface area (Å²) < 4.78 is 5.92. The molecule has 0 aromatic carbocycles. The van der Waals surface area contributed by atoms with E-state index in [4.69, 9.17) is 4.74 Å². The number of aliphatic hydroxyl groups excluding tert-OH is 2. The molecular weight excluding hydrogens is 803 g/mol. The van der Waals surface area contributed by atoms with Gasteiger partial charge in [0.15, 0.2) is 0 Å². The molecule has 0 aromatic heterocycles. The SMILES string of the molecule is CC/C=C/C/C=C/C/C=C/C/C=C/CCCCCC(=O)OC(CCCCCC/C=C/C/C=C/C/C=C/CC)CC(=O)NC(CO)C(O)CCCCCCCCCCCCCCCCCC. The monoisotopic (exact) mass is 906 g/mol. The average Bonchev–Trinajstić information content (AvgIpc) is 3.30. The molecule has 0 saturated heterocycles. The second kappa shape index (κ2) is 52.0. The highest BCUT2D eigenvalue weighted by molar-refractivity contribution is 5.77. The van der Waals surface area contributed by atoms with Gasteiger partial charge in [0.2, 0.25) is 5.91 Å². The summed E-state index contributed by atoms with van der Waals surface area (Å²) in [5.41, 5.74) is 0. The fourth-order valence-electron chi connectivity index (χ4n) is 7.91. The normalized spacial score (nSPS) is 13.9. The van der Waals surface area contributed by atoms with Gasteiger partial charge in [0.1, 0.15) is 6.10 Å². The smallest absolute Gasteiger partial charge is 0.306 e. The molecular formula is C59H103NO5. The number of amides is 1. The second-order valence-electron chi connectivity index (χ2n) is 18.2. The molecule has 0 aliphatic heterocycles. The van der Waals surface area contributed by atoms with Gasteiger partial charge >= 0.3 is 5.97 Å². The molecule has 6 heteroatoms. The van der Waals surface area contributed by atoms with Crippen LogP contribution in [0.2, 0.25) is 0 Å². The second-order valence-corrected chi connectivity index (χ2v) is 18.2. The average molecular weight is 906 g/mol. The summed E-state index contributed by atoms with van der Waals surface area (Å²) in [7, 11) is 0. The van der Waals surface area contributed by atoms with Crippen LogP contribution in [0.25, 0.3) is 0 Å². The van der Waals surface area contributed by atoms with E-state index in [0.29, 0.717) is 19.3 Å². The van der Waals surface area contributed by atoms with Gasteiger partial charge in [-0.2, -0.15) is 0 Å². The highest BCUT2D eigenvalue weighted by atomic mass is 16.5. The van der Waals surface area contributed by atoms with E-state index in [2.05, 4.69) is 111 Å². The Hall–Kier alpha value is -2.96. The summed E-state index contributed by atoms with van der Waals surface area (Å²) in [5, 5.41) is 23.8. The Morgan fingerprint density at radius 3 is 1.26 bits per heavy atom. The number of unbranched alkanes of at least 4 members (excludes halogenated alkanes) is 22. The van der Waals surface area contributed by atoms with Gasteiger partial charge in [0.05, 0.1) is 25.2 Å². The van der Waals surface area contributed by atoms with Gasteiger partial charge < -0.3 is 20.3 Å². The quantitative estimate of drug-likeness (QED) is 0.0321. The van der Waals surface area contributed by atoms with Crippen LogP contribution < -0.4 is 5.32 Å². The fourth-order valence-corrected chi connectivity index (χ4v) is 7.91. The Bertz CT molecular complexity index is 1250. The van der Waals surface area contributed by atoms with E-state index in [1.165, 1.54) is 83.5 Å². The molecule has 0 fully saturated rings. The molecule has 0 spiro atoms. The van der Waals surface area contributed by atoms with Crippen molar-refractivity contribution in [3.63, 3.8) is 0 Å². The number of aliphatic hydroxyl groups is 2. The number of rotatable bonds is 48. The van der Waals surface area contributed by atoms with Crippen molar-refractivity contribution in [1.82, 2.24) is 5.32 Å². The van der Waals surface area contributed by atoms with Crippen molar-refractivity contribution in [1.29, 1.82) is 0 Å². The van der Waals surface area contributed by atoms with Crippen LogP contribution in [0.15, 0.2) is 85.1 Å². The van der Waals surface area contributed by atoms with E-state index < -0.39 is 18.2 Å². The third-order valence-electron chi connectivity index (χ3n) is 12.0. The molecule has 6 nitrogen and oxygen atoms in total. The maximum Gasteiger partial charge on any atom is 0.306 e. The van der Waals surface area contributed by atoms with Crippen molar-refractivity contribution in [2.24, 2.45) is 0 Å². The highest BCUT2D eigenvalue weighted by Crippen LogP contribution is 2.18. The number of hydrogen-bond donors (Lipinski definition) is 3. The maximum atomic E-state index is 13.2. The molecule has 0 radical (unpaired) electrons. The summed E-state index contributed by atoms with van der Waals surface area (Å²) in [4.78, 5) is 26.2. The van der Waals surface area contributed by atoms with E-state index in [9.17, 15) is 19.8 Å². The van der Waals surface area contributed by atoms with Gasteiger partial charge in [0, 0.05) is 6.42 Å². The Morgan fingerprint density at radius 1 is 0.462 bits per heavy atom. The Morgan fingerprint density at radius 2 is 0.831 bits per heavy atom. The van der Waals surface area contributed by atoms with E-state index in [1.807, 2.05) is 0 Å². The van der Waals surface area contributed by atoms with E-state index in [-0.39, 0.29) is 24.9 Å². The molecule has 0 saturated carbocycles. The predicted molar refractivity (Wildman–Crippen MR) is 282 cm³/mol. The predicted octanol–water partition coefficient (Wildman–Crippen LogP) is 16.7. The summed E-state index contributed by atoms with van der Waals surface area (Å²) in [5.74, 6) is -0.534. The fraction of sp³-hybridized carbons (Fsp3) is 0.729. The van der Waals surface area contributed by atoms with Crippen molar-refractivity contribution in [2.75, 3.05) is 6.61 Å². The minimum Gasteiger partial charge on any atom is -0.462 e. The van der Waals surface area contributed by atoms with Crippen LogP contribution in [0.4, 0.5) is 0 Å². The number of allylic oxidation sites excluding steroid dienone is 14. The van der Waals surface area contributed by atoms with Crippen LogP contribution in [0, 0.1) is 0 Å². The first kappa shape index (κ1) is 62.0. The lowest BCUT2D eigenvalue weighted by Gasteiger charge is -2.24. The Labute approximate surface area is 402 Å². The number of esters is 1. The molecule has 0 rings (SSSR count). The van der Waals surface area contributed by atoms with Gasteiger partial charge in [-0.15, -0.1) is 0 Å². The topological polar surface area (TPSA) is 95.9 Å². The van der Waals surface area contributed by atoms with E-state index >= 15 is 0 Å². The third kappa shape index (κ3) is 47.3. The van der Waals surface area contributed by atoms with Crippen LogP contribution in [0.1, 0.15) is 252 Å². The zero-order chi connectivity index (χ0) is 47.4. The van der Waals surface area contributed by atoms with Gasteiger partial charge in [0.25, 0.3) is 0 Å². The number of carbonyl (C=O) groups excluding carboxylic acids is 2. The molecule has 3 N–H and O–H groups in total. The summed E-state index contributed by atoms with van der Waals surface area (Å²) in [6.45, 7) is 6.26. The summed E-state index contributed by atoms with van der Waals surface area (Å²) in [6, 6.07) is -0.721. The molecule has 65 heavy (non-hydrogen) atoms. The molecule has 3 unspecified atom stereocenters. The molecule has 3 atom stereocenters. The molecule has 0 aliphatic rings. The van der Waals surface area contributed by atoms with Crippen LogP contribution >= 0.6 is 0 Å². The number of carbonyl (C=O) groups is 2. The lowest BCUT2D eigenvalue weighted by atomic mass is 10.0. The summed E-state index contributed by atoms with van der Waals surface area (Å²) in [6.07, 6.45) is 67.9. The molecule has 0 aromatic rings. The number of nitrogens with one attached hydrogen (secondary N) is 1. The van der Waals surface area contributed by atoms with Crippen LogP contribution in [0.5, 0.6) is 0 Å². The first-order valence-electron chi connectivity index (χ1n) is 27.3. The zero-order valence-corrected chi connectivity index (χ0v) is 42.6. The first-order chi connectivity index (χ1) is 32.0. The Kier molecular flexibility index (Phi) is 49.6. The standard InChI is InChI=1S/C59H103NO5/c1-4-7-10-13-16-19-22-25-28-30-33-36-39-42-45-48-51-57(62)56(54-61)60-58(63)53-55(50-47-44-41-38-35-32-27-24-21-18-15-12-9-6-3)65-59(64)52-49-46-43-40-37-34-31-29-26-23-20-17-14-11-8-5-2/h8-9,11-12,17-18,20-21,26-27,29,32,34,37,55-57,61-62H,4-7,10,13-16,19,22-25,28,30-31,33,35-36,38-54H2,1-3H3,(H,60,63)/b11-8+,12-9+,20-17+,21-18+,29-26+,32-27+,37-34+. The minimum absolute atomic E-state index is 0.0460. The largest absolute Gasteiger partial charge is 0.462 e. The van der Waals surface area contributed by atoms with Crippen molar-refractivity contribution in [2.45, 2.75) is 270 Å². The van der Waals surface area contributed by atoms with Crippen molar-refractivity contribution >= 4 is 11.9 Å².